The maximum Gasteiger partial charge on any atom is 0.345 e. The standard InChI is InChI=1S/C22H14N2O3S.C2H6/c23-12-16-11-15(20-9-10-21(28-20)22(25)26)6-8-19(16)27-13-17-7-5-14-3-1-2-4-18(14)24-17;1-2/h1-11H,13H2,(H,25,26);1-2H3. The number of carboxylic acids is 1. The maximum atomic E-state index is 11.1. The van der Waals surface area contributed by atoms with Gasteiger partial charge >= 0.3 is 5.97 Å². The van der Waals surface area contributed by atoms with Crippen molar-refractivity contribution in [2.24, 2.45) is 0 Å². The molecule has 2 aromatic carbocycles. The van der Waals surface area contributed by atoms with E-state index in [1.54, 1.807) is 24.3 Å². The zero-order valence-electron chi connectivity index (χ0n) is 16.6. The van der Waals surface area contributed by atoms with Gasteiger partial charge in [-0.05, 0) is 48.0 Å². The van der Waals surface area contributed by atoms with Crippen LogP contribution in [-0.4, -0.2) is 16.1 Å². The van der Waals surface area contributed by atoms with Crippen LogP contribution < -0.4 is 4.74 Å². The zero-order chi connectivity index (χ0) is 21.5. The van der Waals surface area contributed by atoms with Crippen molar-refractivity contribution in [1.29, 1.82) is 5.26 Å². The van der Waals surface area contributed by atoms with E-state index in [4.69, 9.17) is 9.84 Å². The SMILES string of the molecule is CC.N#Cc1cc(-c2ccc(C(=O)O)s2)ccc1OCc1ccc2ccccc2n1. The van der Waals surface area contributed by atoms with E-state index in [1.165, 1.54) is 11.3 Å². The van der Waals surface area contributed by atoms with Crippen LogP contribution in [0.5, 0.6) is 5.75 Å². The molecule has 2 aromatic heterocycles. The van der Waals surface area contributed by atoms with Crippen LogP contribution >= 0.6 is 11.3 Å². The minimum absolute atomic E-state index is 0.251. The molecule has 0 bridgehead atoms. The molecule has 30 heavy (non-hydrogen) atoms. The van der Waals surface area contributed by atoms with Gasteiger partial charge in [0, 0.05) is 10.3 Å². The van der Waals surface area contributed by atoms with E-state index in [1.807, 2.05) is 56.3 Å². The van der Waals surface area contributed by atoms with Gasteiger partial charge in [-0.3, -0.25) is 0 Å². The molecule has 150 valence electrons. The number of benzene rings is 2. The maximum absolute atomic E-state index is 11.1. The fourth-order valence-corrected chi connectivity index (χ4v) is 3.69. The first-order valence-electron chi connectivity index (χ1n) is 9.49. The van der Waals surface area contributed by atoms with Crippen molar-refractivity contribution in [1.82, 2.24) is 4.98 Å². The molecule has 0 aliphatic rings. The van der Waals surface area contributed by atoms with Crippen LogP contribution in [0.2, 0.25) is 0 Å². The first kappa shape index (κ1) is 21.0. The second kappa shape index (κ2) is 9.68. The fraction of sp³-hybridized carbons (Fsp3) is 0.125. The summed E-state index contributed by atoms with van der Waals surface area (Å²) in [6.07, 6.45) is 0. The molecule has 2 heterocycles. The van der Waals surface area contributed by atoms with Crippen LogP contribution in [0.15, 0.2) is 66.7 Å². The van der Waals surface area contributed by atoms with Gasteiger partial charge in [0.15, 0.2) is 0 Å². The van der Waals surface area contributed by atoms with E-state index < -0.39 is 5.97 Å². The molecule has 0 fully saturated rings. The summed E-state index contributed by atoms with van der Waals surface area (Å²) in [6.45, 7) is 4.25. The highest BCUT2D eigenvalue weighted by molar-refractivity contribution is 7.17. The molecule has 1 N–H and O–H groups in total. The fourth-order valence-electron chi connectivity index (χ4n) is 2.84. The summed E-state index contributed by atoms with van der Waals surface area (Å²) in [4.78, 5) is 16.7. The van der Waals surface area contributed by atoms with Gasteiger partial charge in [0.25, 0.3) is 0 Å². The lowest BCUT2D eigenvalue weighted by Gasteiger charge is -2.09. The smallest absolute Gasteiger partial charge is 0.345 e. The summed E-state index contributed by atoms with van der Waals surface area (Å²) < 4.78 is 5.82. The number of carboxylic acid groups (broad SMARTS) is 1. The number of rotatable bonds is 5. The Kier molecular flexibility index (Phi) is 6.79. The topological polar surface area (TPSA) is 83.2 Å². The van der Waals surface area contributed by atoms with Gasteiger partial charge in [0.2, 0.25) is 0 Å². The third-order valence-electron chi connectivity index (χ3n) is 4.23. The Hall–Kier alpha value is -3.69. The van der Waals surface area contributed by atoms with Crippen molar-refractivity contribution >= 4 is 28.2 Å². The van der Waals surface area contributed by atoms with Crippen molar-refractivity contribution in [3.05, 3.63) is 82.9 Å². The Balaban J connectivity index is 0.00000124. The molecule has 4 rings (SSSR count). The molecule has 0 aliphatic carbocycles. The molecular formula is C24H20N2O3S. The highest BCUT2D eigenvalue weighted by atomic mass is 32.1. The van der Waals surface area contributed by atoms with E-state index in [2.05, 4.69) is 11.1 Å². The van der Waals surface area contributed by atoms with E-state index in [9.17, 15) is 10.1 Å². The number of pyridine rings is 1. The number of nitrogens with zero attached hydrogens (tertiary/aromatic N) is 2. The quantitative estimate of drug-likeness (QED) is 0.422. The van der Waals surface area contributed by atoms with Crippen molar-refractivity contribution in [3.63, 3.8) is 0 Å². The normalized spacial score (nSPS) is 10.0. The van der Waals surface area contributed by atoms with Crippen LogP contribution in [-0.2, 0) is 6.61 Å². The minimum Gasteiger partial charge on any atom is -0.486 e. The highest BCUT2D eigenvalue weighted by Gasteiger charge is 2.11. The highest BCUT2D eigenvalue weighted by Crippen LogP contribution is 2.31. The van der Waals surface area contributed by atoms with Gasteiger partial charge in [-0.25, -0.2) is 9.78 Å². The summed E-state index contributed by atoms with van der Waals surface area (Å²) in [7, 11) is 0. The van der Waals surface area contributed by atoms with Gasteiger partial charge in [-0.1, -0.05) is 38.1 Å². The molecule has 0 aliphatic heterocycles. The summed E-state index contributed by atoms with van der Waals surface area (Å²) >= 11 is 1.17. The van der Waals surface area contributed by atoms with Crippen LogP contribution in [0.1, 0.15) is 34.8 Å². The lowest BCUT2D eigenvalue weighted by Crippen LogP contribution is -2.00. The molecule has 0 saturated heterocycles. The van der Waals surface area contributed by atoms with Gasteiger partial charge < -0.3 is 9.84 Å². The van der Waals surface area contributed by atoms with Crippen molar-refractivity contribution in [2.75, 3.05) is 0 Å². The van der Waals surface area contributed by atoms with Crippen LogP contribution in [0.3, 0.4) is 0 Å². The second-order valence-electron chi connectivity index (χ2n) is 6.08. The predicted octanol–water partition coefficient (Wildman–Crippen LogP) is 6.14. The Labute approximate surface area is 178 Å². The van der Waals surface area contributed by atoms with Gasteiger partial charge in [-0.2, -0.15) is 5.26 Å². The average molecular weight is 417 g/mol. The van der Waals surface area contributed by atoms with E-state index in [0.29, 0.717) is 11.3 Å². The van der Waals surface area contributed by atoms with Gasteiger partial charge in [0.1, 0.15) is 23.3 Å². The molecule has 0 spiro atoms. The first-order valence-corrected chi connectivity index (χ1v) is 10.3. The molecule has 0 unspecified atom stereocenters. The van der Waals surface area contributed by atoms with Crippen molar-refractivity contribution < 1.29 is 14.6 Å². The Morgan fingerprint density at radius 2 is 1.90 bits per heavy atom. The summed E-state index contributed by atoms with van der Waals surface area (Å²) in [5.41, 5.74) is 2.84. The number of hydrogen-bond acceptors (Lipinski definition) is 5. The number of nitriles is 1. The molecule has 6 heteroatoms. The van der Waals surface area contributed by atoms with Crippen molar-refractivity contribution in [2.45, 2.75) is 20.5 Å². The number of ether oxygens (including phenoxy) is 1. The first-order chi connectivity index (χ1) is 14.6. The Morgan fingerprint density at radius 1 is 1.10 bits per heavy atom. The minimum atomic E-state index is -0.959. The average Bonchev–Trinajstić information content (AvgIpc) is 3.29. The molecule has 5 nitrogen and oxygen atoms in total. The van der Waals surface area contributed by atoms with E-state index in [-0.39, 0.29) is 11.5 Å². The van der Waals surface area contributed by atoms with Gasteiger partial charge in [-0.15, -0.1) is 11.3 Å². The van der Waals surface area contributed by atoms with Crippen LogP contribution in [0.25, 0.3) is 21.3 Å². The largest absolute Gasteiger partial charge is 0.486 e. The predicted molar refractivity (Wildman–Crippen MR) is 119 cm³/mol. The zero-order valence-corrected chi connectivity index (χ0v) is 17.4. The molecule has 0 amide bonds. The van der Waals surface area contributed by atoms with Crippen molar-refractivity contribution in [3.8, 4) is 22.3 Å². The molecule has 4 aromatic rings. The van der Waals surface area contributed by atoms with Gasteiger partial charge in [0.05, 0.1) is 16.8 Å². The Bertz CT molecular complexity index is 1220. The summed E-state index contributed by atoms with van der Waals surface area (Å²) in [5, 5.41) is 19.6. The lowest BCUT2D eigenvalue weighted by molar-refractivity contribution is 0.0702. The monoisotopic (exact) mass is 416 g/mol. The third-order valence-corrected chi connectivity index (χ3v) is 5.36. The lowest BCUT2D eigenvalue weighted by atomic mass is 10.1. The van der Waals surface area contributed by atoms with E-state index >= 15 is 0 Å². The molecule has 0 saturated carbocycles. The summed E-state index contributed by atoms with van der Waals surface area (Å²) in [5.74, 6) is -0.490. The number of para-hydroxylation sites is 1. The summed E-state index contributed by atoms with van der Waals surface area (Å²) in [6, 6.07) is 22.5. The molecule has 0 radical (unpaired) electrons. The second-order valence-corrected chi connectivity index (χ2v) is 7.16. The Morgan fingerprint density at radius 3 is 2.63 bits per heavy atom. The third kappa shape index (κ3) is 4.65. The number of aromatic nitrogens is 1. The number of carbonyl (C=O) groups is 1. The van der Waals surface area contributed by atoms with E-state index in [0.717, 1.165) is 27.0 Å². The molecule has 0 atom stereocenters. The number of fused-ring (bicyclic) bond motifs is 1. The molecular weight excluding hydrogens is 396 g/mol. The van der Waals surface area contributed by atoms with Crippen LogP contribution in [0.4, 0.5) is 0 Å². The number of thiophene rings is 1. The van der Waals surface area contributed by atoms with Crippen LogP contribution in [0, 0.1) is 11.3 Å². The number of aromatic carboxylic acids is 1. The number of hydrogen-bond donors (Lipinski definition) is 1.